The van der Waals surface area contributed by atoms with Crippen molar-refractivity contribution in [2.45, 2.75) is 58.5 Å². The highest BCUT2D eigenvalue weighted by Gasteiger charge is 2.42. The van der Waals surface area contributed by atoms with Crippen LogP contribution in [-0.2, 0) is 4.79 Å². The molecule has 1 N–H and O–H groups in total. The van der Waals surface area contributed by atoms with Crippen LogP contribution < -0.4 is 5.32 Å². The number of hydrogen-bond donors (Lipinski definition) is 1. The van der Waals surface area contributed by atoms with E-state index >= 15 is 0 Å². The Morgan fingerprint density at radius 2 is 2.00 bits per heavy atom. The molecule has 2 amide bonds. The topological polar surface area (TPSA) is 49.4 Å². The zero-order valence-electron chi connectivity index (χ0n) is 15.1. The van der Waals surface area contributed by atoms with Crippen LogP contribution in [-0.4, -0.2) is 39.9 Å². The van der Waals surface area contributed by atoms with Gasteiger partial charge in [-0.1, -0.05) is 33.8 Å². The largest absolute Gasteiger partial charge is 0.352 e. The van der Waals surface area contributed by atoms with Crippen molar-refractivity contribution in [2.75, 3.05) is 5.75 Å². The van der Waals surface area contributed by atoms with Crippen molar-refractivity contribution in [1.82, 2.24) is 10.2 Å². The van der Waals surface area contributed by atoms with Crippen molar-refractivity contribution in [1.29, 1.82) is 0 Å². The highest BCUT2D eigenvalue weighted by atomic mass is 32.2. The molecular weight excluding hydrogens is 340 g/mol. The first-order valence-corrected chi connectivity index (χ1v) is 10.5. The van der Waals surface area contributed by atoms with Gasteiger partial charge in [-0.3, -0.25) is 9.59 Å². The van der Waals surface area contributed by atoms with Crippen LogP contribution in [0.3, 0.4) is 0 Å². The molecule has 0 saturated carbocycles. The lowest BCUT2D eigenvalue weighted by Gasteiger charge is -2.30. The number of carbonyl (C=O) groups is 2. The van der Waals surface area contributed by atoms with Gasteiger partial charge in [-0.25, -0.2) is 0 Å². The van der Waals surface area contributed by atoms with Crippen molar-refractivity contribution < 1.29 is 9.59 Å². The molecule has 1 aromatic rings. The van der Waals surface area contributed by atoms with Gasteiger partial charge in [0.05, 0.1) is 10.3 Å². The summed E-state index contributed by atoms with van der Waals surface area (Å²) in [5, 5.41) is 5.06. The fourth-order valence-electron chi connectivity index (χ4n) is 2.64. The molecule has 1 aromatic heterocycles. The molecule has 134 valence electrons. The summed E-state index contributed by atoms with van der Waals surface area (Å²) in [5.74, 6) is 1.48. The lowest BCUT2D eigenvalue weighted by atomic mass is 10.1. The van der Waals surface area contributed by atoms with Crippen molar-refractivity contribution in [2.24, 2.45) is 11.8 Å². The Balaban J connectivity index is 2.19. The molecule has 6 heteroatoms. The van der Waals surface area contributed by atoms with Crippen LogP contribution in [0, 0.1) is 11.8 Å². The van der Waals surface area contributed by atoms with Gasteiger partial charge in [0.2, 0.25) is 5.91 Å². The van der Waals surface area contributed by atoms with Crippen LogP contribution in [0.1, 0.15) is 50.7 Å². The third kappa shape index (κ3) is 4.54. The molecule has 4 nitrogen and oxygen atoms in total. The van der Waals surface area contributed by atoms with E-state index in [9.17, 15) is 9.59 Å². The van der Waals surface area contributed by atoms with E-state index in [1.165, 1.54) is 11.3 Å². The first kappa shape index (κ1) is 19.3. The molecule has 0 bridgehead atoms. The minimum Gasteiger partial charge on any atom is -0.352 e. The quantitative estimate of drug-likeness (QED) is 0.830. The molecule has 0 aliphatic carbocycles. The van der Waals surface area contributed by atoms with Crippen LogP contribution in [0.5, 0.6) is 0 Å². The molecule has 3 unspecified atom stereocenters. The predicted octanol–water partition coefficient (Wildman–Crippen LogP) is 3.84. The Kier molecular flexibility index (Phi) is 6.75. The molecule has 1 fully saturated rings. The van der Waals surface area contributed by atoms with Crippen LogP contribution in [0.4, 0.5) is 0 Å². The van der Waals surface area contributed by atoms with Crippen LogP contribution in [0.25, 0.3) is 0 Å². The molecule has 1 saturated heterocycles. The first-order valence-electron chi connectivity index (χ1n) is 8.59. The van der Waals surface area contributed by atoms with E-state index in [2.05, 4.69) is 33.0 Å². The van der Waals surface area contributed by atoms with E-state index in [1.54, 1.807) is 11.8 Å². The van der Waals surface area contributed by atoms with E-state index < -0.39 is 0 Å². The number of amides is 2. The summed E-state index contributed by atoms with van der Waals surface area (Å²) in [6, 6.07) is 3.45. The summed E-state index contributed by atoms with van der Waals surface area (Å²) in [6.07, 6.45) is 0.908. The third-order valence-corrected chi connectivity index (χ3v) is 6.58. The van der Waals surface area contributed by atoms with E-state index in [0.29, 0.717) is 22.5 Å². The summed E-state index contributed by atoms with van der Waals surface area (Å²) >= 11 is 3.16. The van der Waals surface area contributed by atoms with Crippen LogP contribution >= 0.6 is 23.1 Å². The monoisotopic (exact) mass is 368 g/mol. The average Bonchev–Trinajstić information content (AvgIpc) is 3.15. The molecule has 0 aromatic carbocycles. The van der Waals surface area contributed by atoms with Crippen molar-refractivity contribution in [3.63, 3.8) is 0 Å². The summed E-state index contributed by atoms with van der Waals surface area (Å²) in [4.78, 5) is 28.3. The highest BCUT2D eigenvalue weighted by molar-refractivity contribution is 8.00. The second-order valence-corrected chi connectivity index (χ2v) is 9.32. The van der Waals surface area contributed by atoms with Gasteiger partial charge in [-0.2, -0.15) is 0 Å². The standard InChI is InChI=1S/C18H28N2O2S2/c1-11(2)9-16-20(18(22)15-7-6-8-23-15)14(10-24-16)17(21)19-13(5)12(3)4/h6-8,11-14,16H,9-10H2,1-5H3,(H,19,21). The number of carbonyl (C=O) groups excluding carboxylic acids is 2. The molecule has 24 heavy (non-hydrogen) atoms. The zero-order valence-corrected chi connectivity index (χ0v) is 16.7. The second kappa shape index (κ2) is 8.39. The Bertz CT molecular complexity index is 557. The lowest BCUT2D eigenvalue weighted by Crippen LogP contribution is -2.52. The fourth-order valence-corrected chi connectivity index (χ4v) is 4.95. The number of rotatable bonds is 6. The summed E-state index contributed by atoms with van der Waals surface area (Å²) in [7, 11) is 0. The number of thioether (sulfide) groups is 1. The maximum atomic E-state index is 13.0. The lowest BCUT2D eigenvalue weighted by molar-refractivity contribution is -0.125. The molecule has 1 aliphatic rings. The predicted molar refractivity (Wildman–Crippen MR) is 102 cm³/mol. The minimum atomic E-state index is -0.380. The maximum absolute atomic E-state index is 13.0. The van der Waals surface area contributed by atoms with Gasteiger partial charge < -0.3 is 10.2 Å². The summed E-state index contributed by atoms with van der Waals surface area (Å²) in [5.41, 5.74) is 0. The Morgan fingerprint density at radius 1 is 1.29 bits per heavy atom. The summed E-state index contributed by atoms with van der Waals surface area (Å²) < 4.78 is 0. The van der Waals surface area contributed by atoms with E-state index in [-0.39, 0.29) is 29.3 Å². The Hall–Kier alpha value is -1.01. The Morgan fingerprint density at radius 3 is 2.54 bits per heavy atom. The van der Waals surface area contributed by atoms with Gasteiger partial charge in [-0.05, 0) is 36.6 Å². The smallest absolute Gasteiger partial charge is 0.265 e. The van der Waals surface area contributed by atoms with Gasteiger partial charge in [0, 0.05) is 11.8 Å². The maximum Gasteiger partial charge on any atom is 0.265 e. The highest BCUT2D eigenvalue weighted by Crippen LogP contribution is 2.35. The molecule has 2 rings (SSSR count). The first-order chi connectivity index (χ1) is 11.3. The van der Waals surface area contributed by atoms with E-state index in [4.69, 9.17) is 0 Å². The zero-order chi connectivity index (χ0) is 17.9. The van der Waals surface area contributed by atoms with Gasteiger partial charge in [0.15, 0.2) is 0 Å². The van der Waals surface area contributed by atoms with E-state index in [1.807, 2.05) is 29.3 Å². The normalized spacial score (nSPS) is 22.2. The average molecular weight is 369 g/mol. The van der Waals surface area contributed by atoms with Crippen molar-refractivity contribution >= 4 is 34.9 Å². The van der Waals surface area contributed by atoms with Gasteiger partial charge in [0.25, 0.3) is 5.91 Å². The minimum absolute atomic E-state index is 0.0157. The number of nitrogens with zero attached hydrogens (tertiary/aromatic N) is 1. The number of thiophene rings is 1. The number of hydrogen-bond acceptors (Lipinski definition) is 4. The second-order valence-electron chi connectivity index (χ2n) is 7.16. The van der Waals surface area contributed by atoms with Crippen molar-refractivity contribution in [3.8, 4) is 0 Å². The molecular formula is C18H28N2O2S2. The van der Waals surface area contributed by atoms with Gasteiger partial charge in [-0.15, -0.1) is 23.1 Å². The van der Waals surface area contributed by atoms with Gasteiger partial charge >= 0.3 is 0 Å². The fraction of sp³-hybridized carbons (Fsp3) is 0.667. The molecule has 0 radical (unpaired) electrons. The number of nitrogens with one attached hydrogen (secondary N) is 1. The van der Waals surface area contributed by atoms with Crippen molar-refractivity contribution in [3.05, 3.63) is 22.4 Å². The van der Waals surface area contributed by atoms with Crippen LogP contribution in [0.15, 0.2) is 17.5 Å². The molecule has 3 atom stereocenters. The molecule has 1 aliphatic heterocycles. The third-order valence-electron chi connectivity index (χ3n) is 4.40. The molecule has 2 heterocycles. The molecule has 0 spiro atoms. The Labute approximate surface area is 153 Å². The summed E-state index contributed by atoms with van der Waals surface area (Å²) in [6.45, 7) is 10.5. The van der Waals surface area contributed by atoms with Gasteiger partial charge in [0.1, 0.15) is 6.04 Å². The van der Waals surface area contributed by atoms with E-state index in [0.717, 1.165) is 6.42 Å². The van der Waals surface area contributed by atoms with Crippen LogP contribution in [0.2, 0.25) is 0 Å². The SMILES string of the molecule is CC(C)CC1SCC(C(=O)NC(C)C(C)C)N1C(=O)c1cccs1.